The smallest absolute Gasteiger partial charge is 0.293 e. The van der Waals surface area contributed by atoms with E-state index in [1.807, 2.05) is 43.3 Å². The fourth-order valence-corrected chi connectivity index (χ4v) is 3.16. The van der Waals surface area contributed by atoms with Crippen molar-refractivity contribution in [2.75, 3.05) is 18.2 Å². The number of aromatic amines is 1. The van der Waals surface area contributed by atoms with Crippen LogP contribution in [0.3, 0.4) is 0 Å². The van der Waals surface area contributed by atoms with Crippen LogP contribution in [-0.2, 0) is 11.2 Å². The Kier molecular flexibility index (Phi) is 6.02. The van der Waals surface area contributed by atoms with Gasteiger partial charge in [-0.15, -0.1) is 5.10 Å². The van der Waals surface area contributed by atoms with Gasteiger partial charge in [0.05, 0.1) is 24.5 Å². The molecule has 1 N–H and O–H groups in total. The highest BCUT2D eigenvalue weighted by Gasteiger charge is 2.31. The SMILES string of the molecule is CCOc1cc(C=C2C(=O)N(c3nn[nH]n3)N=C2C)ccc1OCCc1ccccc1. The van der Waals surface area contributed by atoms with E-state index in [1.165, 1.54) is 5.56 Å². The number of aromatic nitrogens is 4. The molecule has 1 amide bonds. The van der Waals surface area contributed by atoms with Gasteiger partial charge in [-0.2, -0.15) is 15.3 Å². The summed E-state index contributed by atoms with van der Waals surface area (Å²) < 4.78 is 11.7. The molecule has 0 unspecified atom stereocenters. The van der Waals surface area contributed by atoms with Gasteiger partial charge in [0, 0.05) is 6.42 Å². The quantitative estimate of drug-likeness (QED) is 0.564. The van der Waals surface area contributed by atoms with Gasteiger partial charge in [-0.05, 0) is 48.4 Å². The van der Waals surface area contributed by atoms with Crippen molar-refractivity contribution < 1.29 is 14.3 Å². The third-order valence-corrected chi connectivity index (χ3v) is 4.66. The number of amides is 1. The molecule has 1 aromatic heterocycles. The highest BCUT2D eigenvalue weighted by atomic mass is 16.5. The number of benzene rings is 2. The molecule has 0 atom stereocenters. The molecular weight excluding hydrogens is 396 g/mol. The van der Waals surface area contributed by atoms with Crippen molar-refractivity contribution in [1.29, 1.82) is 0 Å². The Hall–Kier alpha value is -4.01. The van der Waals surface area contributed by atoms with Gasteiger partial charge in [-0.3, -0.25) is 4.79 Å². The number of rotatable bonds is 8. The Balaban J connectivity index is 1.51. The van der Waals surface area contributed by atoms with Crippen molar-refractivity contribution >= 4 is 23.6 Å². The highest BCUT2D eigenvalue weighted by Crippen LogP contribution is 2.30. The molecule has 0 fully saturated rings. The van der Waals surface area contributed by atoms with Gasteiger partial charge in [0.1, 0.15) is 0 Å². The van der Waals surface area contributed by atoms with E-state index in [2.05, 4.69) is 37.9 Å². The normalized spacial score (nSPS) is 14.8. The molecule has 0 radical (unpaired) electrons. The number of nitrogens with one attached hydrogen (secondary N) is 1. The van der Waals surface area contributed by atoms with Gasteiger partial charge >= 0.3 is 0 Å². The minimum Gasteiger partial charge on any atom is -0.490 e. The first kappa shape index (κ1) is 20.3. The summed E-state index contributed by atoms with van der Waals surface area (Å²) in [7, 11) is 0. The zero-order valence-electron chi connectivity index (χ0n) is 17.3. The molecule has 3 aromatic rings. The van der Waals surface area contributed by atoms with Gasteiger partial charge in [-0.25, -0.2) is 0 Å². The van der Waals surface area contributed by atoms with Gasteiger partial charge in [0.2, 0.25) is 0 Å². The topological polar surface area (TPSA) is 106 Å². The van der Waals surface area contributed by atoms with E-state index >= 15 is 0 Å². The van der Waals surface area contributed by atoms with Crippen molar-refractivity contribution in [1.82, 2.24) is 20.6 Å². The summed E-state index contributed by atoms with van der Waals surface area (Å²) in [6.45, 7) is 4.71. The fraction of sp³-hybridized carbons (Fsp3) is 0.227. The number of nitrogens with zero attached hydrogens (tertiary/aromatic N) is 5. The monoisotopic (exact) mass is 418 g/mol. The Labute approximate surface area is 179 Å². The van der Waals surface area contributed by atoms with Crippen LogP contribution >= 0.6 is 0 Å². The van der Waals surface area contributed by atoms with E-state index in [9.17, 15) is 4.79 Å². The van der Waals surface area contributed by atoms with Gasteiger partial charge < -0.3 is 9.47 Å². The summed E-state index contributed by atoms with van der Waals surface area (Å²) in [6.07, 6.45) is 2.56. The number of anilines is 1. The van der Waals surface area contributed by atoms with E-state index in [4.69, 9.17) is 9.47 Å². The van der Waals surface area contributed by atoms with Gasteiger partial charge in [-0.1, -0.05) is 41.5 Å². The van der Waals surface area contributed by atoms with Crippen LogP contribution in [-0.4, -0.2) is 45.5 Å². The van der Waals surface area contributed by atoms with Crippen LogP contribution in [0.2, 0.25) is 0 Å². The lowest BCUT2D eigenvalue weighted by atomic mass is 10.1. The molecule has 0 spiro atoms. The van der Waals surface area contributed by atoms with Crippen LogP contribution < -0.4 is 14.5 Å². The maximum Gasteiger partial charge on any atom is 0.293 e. The van der Waals surface area contributed by atoms with E-state index in [0.717, 1.165) is 17.0 Å². The Morgan fingerprint density at radius 2 is 1.94 bits per heavy atom. The summed E-state index contributed by atoms with van der Waals surface area (Å²) in [6, 6.07) is 15.7. The molecular formula is C22H22N6O3. The van der Waals surface area contributed by atoms with Crippen molar-refractivity contribution in [2.45, 2.75) is 20.3 Å². The van der Waals surface area contributed by atoms with Crippen LogP contribution in [0.25, 0.3) is 6.08 Å². The lowest BCUT2D eigenvalue weighted by Gasteiger charge is -2.13. The van der Waals surface area contributed by atoms with Crippen molar-refractivity contribution in [3.63, 3.8) is 0 Å². The molecule has 1 aliphatic rings. The van der Waals surface area contributed by atoms with Crippen LogP contribution in [0.1, 0.15) is 25.0 Å². The maximum absolute atomic E-state index is 12.7. The second-order valence-corrected chi connectivity index (χ2v) is 6.80. The minimum absolute atomic E-state index is 0.102. The number of H-pyrrole nitrogens is 1. The number of hydrogen-bond acceptors (Lipinski definition) is 7. The molecule has 9 nitrogen and oxygen atoms in total. The molecule has 1 aliphatic heterocycles. The van der Waals surface area contributed by atoms with E-state index in [-0.39, 0.29) is 11.9 Å². The number of carbonyl (C=O) groups is 1. The van der Waals surface area contributed by atoms with E-state index in [1.54, 1.807) is 13.0 Å². The lowest BCUT2D eigenvalue weighted by molar-refractivity contribution is -0.114. The Morgan fingerprint density at radius 3 is 2.68 bits per heavy atom. The summed E-state index contributed by atoms with van der Waals surface area (Å²) in [5.74, 6) is 1.07. The average molecular weight is 418 g/mol. The van der Waals surface area contributed by atoms with Crippen LogP contribution in [0, 0.1) is 0 Å². The summed E-state index contributed by atoms with van der Waals surface area (Å²) in [4.78, 5) is 12.7. The zero-order valence-corrected chi connectivity index (χ0v) is 17.3. The third-order valence-electron chi connectivity index (χ3n) is 4.66. The first-order valence-electron chi connectivity index (χ1n) is 9.94. The number of hydrogen-bond donors (Lipinski definition) is 1. The highest BCUT2D eigenvalue weighted by molar-refractivity contribution is 6.31. The molecule has 31 heavy (non-hydrogen) atoms. The predicted molar refractivity (Wildman–Crippen MR) is 116 cm³/mol. The predicted octanol–water partition coefficient (Wildman–Crippen LogP) is 3.03. The number of carbonyl (C=O) groups excluding carboxylic acids is 1. The van der Waals surface area contributed by atoms with E-state index in [0.29, 0.717) is 36.0 Å². The Bertz CT molecular complexity index is 1110. The minimum atomic E-state index is -0.319. The summed E-state index contributed by atoms with van der Waals surface area (Å²) >= 11 is 0. The number of ether oxygens (including phenoxy) is 2. The molecule has 2 heterocycles. The molecule has 0 saturated carbocycles. The second kappa shape index (κ2) is 9.21. The van der Waals surface area contributed by atoms with Gasteiger partial charge in [0.15, 0.2) is 11.5 Å². The molecule has 4 rings (SSSR count). The van der Waals surface area contributed by atoms with Gasteiger partial charge in [0.25, 0.3) is 11.9 Å². The van der Waals surface area contributed by atoms with Crippen LogP contribution in [0.4, 0.5) is 5.95 Å². The first-order chi connectivity index (χ1) is 15.2. The third kappa shape index (κ3) is 4.61. The average Bonchev–Trinajstić information content (AvgIpc) is 3.40. The zero-order chi connectivity index (χ0) is 21.6. The molecule has 9 heteroatoms. The molecule has 0 bridgehead atoms. The van der Waals surface area contributed by atoms with Crippen molar-refractivity contribution in [3.05, 3.63) is 65.2 Å². The molecule has 2 aromatic carbocycles. The standard InChI is InChI=1S/C22H22N6O3/c1-3-30-20-14-17(9-10-19(20)31-12-11-16-7-5-4-6-8-16)13-18-15(2)25-28(21(18)29)22-23-26-27-24-22/h4-10,13-14H,3,11-12H2,1-2H3,(H,23,24,26,27). The van der Waals surface area contributed by atoms with Crippen LogP contribution in [0.5, 0.6) is 11.5 Å². The fourth-order valence-electron chi connectivity index (χ4n) is 3.16. The van der Waals surface area contributed by atoms with Crippen molar-refractivity contribution in [2.24, 2.45) is 5.10 Å². The van der Waals surface area contributed by atoms with Crippen molar-refractivity contribution in [3.8, 4) is 11.5 Å². The van der Waals surface area contributed by atoms with Crippen LogP contribution in [0.15, 0.2) is 59.2 Å². The first-order valence-corrected chi connectivity index (χ1v) is 9.94. The second-order valence-electron chi connectivity index (χ2n) is 6.80. The summed E-state index contributed by atoms with van der Waals surface area (Å²) in [5.41, 5.74) is 3.02. The number of hydrazone groups is 1. The Morgan fingerprint density at radius 1 is 1.10 bits per heavy atom. The lowest BCUT2D eigenvalue weighted by Crippen LogP contribution is -2.22. The number of tetrazole rings is 1. The molecule has 0 saturated heterocycles. The summed E-state index contributed by atoms with van der Waals surface area (Å²) in [5, 5.41) is 18.8. The molecule has 158 valence electrons. The largest absolute Gasteiger partial charge is 0.490 e. The molecule has 0 aliphatic carbocycles. The van der Waals surface area contributed by atoms with E-state index < -0.39 is 0 Å². The maximum atomic E-state index is 12.7.